The Labute approximate surface area is 187 Å². The summed E-state index contributed by atoms with van der Waals surface area (Å²) in [6, 6.07) is 27.7. The topological polar surface area (TPSA) is 35.9 Å². The first-order valence-corrected chi connectivity index (χ1v) is 11.3. The molecule has 0 radical (unpaired) electrons. The van der Waals surface area contributed by atoms with E-state index in [-0.39, 0.29) is 5.91 Å². The molecule has 156 valence electrons. The highest BCUT2D eigenvalue weighted by atomic mass is 32.2. The van der Waals surface area contributed by atoms with Crippen LogP contribution in [0.15, 0.2) is 94.8 Å². The molecule has 0 spiro atoms. The third-order valence-corrected chi connectivity index (χ3v) is 6.09. The maximum Gasteiger partial charge on any atom is 0.271 e. The van der Waals surface area contributed by atoms with Crippen LogP contribution in [0.3, 0.4) is 0 Å². The Morgan fingerprint density at radius 1 is 0.871 bits per heavy atom. The predicted molar refractivity (Wildman–Crippen MR) is 133 cm³/mol. The SMILES string of the molecule is CCN(CC)c1ccc(/C=C2\SC(=Nc3ccccc3)N(c3ccccc3)C2=O)cc1. The lowest BCUT2D eigenvalue weighted by Crippen LogP contribution is -2.28. The Hall–Kier alpha value is -3.31. The van der Waals surface area contributed by atoms with Gasteiger partial charge in [-0.15, -0.1) is 0 Å². The van der Waals surface area contributed by atoms with Gasteiger partial charge in [-0.2, -0.15) is 0 Å². The van der Waals surface area contributed by atoms with Crippen molar-refractivity contribution in [1.82, 2.24) is 0 Å². The summed E-state index contributed by atoms with van der Waals surface area (Å²) in [5.74, 6) is -0.0568. The van der Waals surface area contributed by atoms with Crippen molar-refractivity contribution < 1.29 is 4.79 Å². The fraction of sp³-hybridized carbons (Fsp3) is 0.154. The zero-order valence-corrected chi connectivity index (χ0v) is 18.5. The molecule has 5 heteroatoms. The van der Waals surface area contributed by atoms with Crippen molar-refractivity contribution in [2.75, 3.05) is 22.9 Å². The number of thioether (sulfide) groups is 1. The average Bonchev–Trinajstić information content (AvgIpc) is 3.11. The van der Waals surface area contributed by atoms with E-state index in [0.29, 0.717) is 10.1 Å². The molecule has 31 heavy (non-hydrogen) atoms. The highest BCUT2D eigenvalue weighted by molar-refractivity contribution is 8.19. The summed E-state index contributed by atoms with van der Waals surface area (Å²) in [7, 11) is 0. The average molecular weight is 428 g/mol. The highest BCUT2D eigenvalue weighted by Gasteiger charge is 2.34. The molecule has 0 aliphatic carbocycles. The highest BCUT2D eigenvalue weighted by Crippen LogP contribution is 2.37. The van der Waals surface area contributed by atoms with E-state index in [9.17, 15) is 4.79 Å². The number of anilines is 2. The zero-order chi connectivity index (χ0) is 21.6. The second-order valence-electron chi connectivity index (χ2n) is 7.08. The summed E-state index contributed by atoms with van der Waals surface area (Å²) in [6.07, 6.45) is 1.95. The van der Waals surface area contributed by atoms with Crippen LogP contribution in [0.1, 0.15) is 19.4 Å². The van der Waals surface area contributed by atoms with Crippen LogP contribution in [0.5, 0.6) is 0 Å². The first kappa shape index (κ1) is 20.9. The summed E-state index contributed by atoms with van der Waals surface area (Å²) < 4.78 is 0. The van der Waals surface area contributed by atoms with Gasteiger partial charge in [-0.25, -0.2) is 4.99 Å². The molecule has 0 N–H and O–H groups in total. The van der Waals surface area contributed by atoms with Crippen molar-refractivity contribution in [3.63, 3.8) is 0 Å². The van der Waals surface area contributed by atoms with E-state index in [4.69, 9.17) is 4.99 Å². The molecule has 1 saturated heterocycles. The van der Waals surface area contributed by atoms with Crippen molar-refractivity contribution >= 4 is 46.0 Å². The number of para-hydroxylation sites is 2. The number of rotatable bonds is 6. The first-order valence-electron chi connectivity index (χ1n) is 10.5. The summed E-state index contributed by atoms with van der Waals surface area (Å²) in [5, 5.41) is 0.661. The molecule has 1 aliphatic heterocycles. The summed E-state index contributed by atoms with van der Waals surface area (Å²) in [5.41, 5.74) is 3.83. The molecule has 0 atom stereocenters. The van der Waals surface area contributed by atoms with Gasteiger partial charge in [0, 0.05) is 18.8 Å². The van der Waals surface area contributed by atoms with Gasteiger partial charge in [0.05, 0.1) is 16.3 Å². The summed E-state index contributed by atoms with van der Waals surface area (Å²) in [4.78, 5) is 22.7. The van der Waals surface area contributed by atoms with Crippen LogP contribution < -0.4 is 9.80 Å². The minimum atomic E-state index is -0.0568. The van der Waals surface area contributed by atoms with E-state index in [1.165, 1.54) is 17.4 Å². The number of aliphatic imine (C=N–C) groups is 1. The standard InChI is InChI=1S/C26H25N3OS/c1-3-28(4-2)22-17-15-20(16-18-22)19-24-25(30)29(23-13-9-6-10-14-23)26(31-24)27-21-11-7-5-8-12-21/h5-19H,3-4H2,1-2H3/b24-19-,27-26?. The van der Waals surface area contributed by atoms with Gasteiger partial charge < -0.3 is 4.90 Å². The van der Waals surface area contributed by atoms with Crippen LogP contribution in [-0.4, -0.2) is 24.2 Å². The number of amidine groups is 1. The largest absolute Gasteiger partial charge is 0.372 e. The molecule has 0 bridgehead atoms. The maximum absolute atomic E-state index is 13.3. The molecule has 1 aliphatic rings. The van der Waals surface area contributed by atoms with Crippen LogP contribution in [-0.2, 0) is 4.79 Å². The zero-order valence-electron chi connectivity index (χ0n) is 17.7. The van der Waals surface area contributed by atoms with Crippen LogP contribution in [0.2, 0.25) is 0 Å². The molecular formula is C26H25N3OS. The number of hydrogen-bond donors (Lipinski definition) is 0. The second-order valence-corrected chi connectivity index (χ2v) is 8.09. The van der Waals surface area contributed by atoms with Gasteiger partial charge in [0.25, 0.3) is 5.91 Å². The fourth-order valence-electron chi connectivity index (χ4n) is 3.49. The Bertz CT molecular complexity index is 1090. The minimum Gasteiger partial charge on any atom is -0.372 e. The van der Waals surface area contributed by atoms with Gasteiger partial charge in [0.1, 0.15) is 0 Å². The van der Waals surface area contributed by atoms with Crippen molar-refractivity contribution in [2.24, 2.45) is 4.99 Å². The normalized spacial score (nSPS) is 16.3. The van der Waals surface area contributed by atoms with Crippen LogP contribution in [0, 0.1) is 0 Å². The Balaban J connectivity index is 1.68. The second kappa shape index (κ2) is 9.67. The minimum absolute atomic E-state index is 0.0568. The van der Waals surface area contributed by atoms with Crippen LogP contribution in [0.25, 0.3) is 6.08 Å². The molecule has 1 heterocycles. The lowest BCUT2D eigenvalue weighted by Gasteiger charge is -2.20. The van der Waals surface area contributed by atoms with E-state index in [1.54, 1.807) is 4.90 Å². The molecule has 0 aromatic heterocycles. The lowest BCUT2D eigenvalue weighted by molar-refractivity contribution is -0.113. The smallest absolute Gasteiger partial charge is 0.271 e. The number of carbonyl (C=O) groups excluding carboxylic acids is 1. The molecule has 4 rings (SSSR count). The van der Waals surface area contributed by atoms with Gasteiger partial charge in [-0.1, -0.05) is 48.5 Å². The molecular weight excluding hydrogens is 402 g/mol. The fourth-order valence-corrected chi connectivity index (χ4v) is 4.49. The Morgan fingerprint density at radius 3 is 2.10 bits per heavy atom. The summed E-state index contributed by atoms with van der Waals surface area (Å²) >= 11 is 1.41. The number of nitrogens with zero attached hydrogens (tertiary/aromatic N) is 3. The van der Waals surface area contributed by atoms with E-state index in [0.717, 1.165) is 30.0 Å². The van der Waals surface area contributed by atoms with Crippen molar-refractivity contribution in [3.05, 3.63) is 95.4 Å². The van der Waals surface area contributed by atoms with Gasteiger partial charge in [-0.3, -0.25) is 9.69 Å². The molecule has 3 aromatic rings. The molecule has 3 aromatic carbocycles. The van der Waals surface area contributed by atoms with Gasteiger partial charge in [0.15, 0.2) is 5.17 Å². The number of hydrogen-bond acceptors (Lipinski definition) is 4. The van der Waals surface area contributed by atoms with Gasteiger partial charge in [0.2, 0.25) is 0 Å². The maximum atomic E-state index is 13.3. The van der Waals surface area contributed by atoms with Crippen LogP contribution in [0.4, 0.5) is 17.1 Å². The lowest BCUT2D eigenvalue weighted by atomic mass is 10.1. The molecule has 0 saturated carbocycles. The van der Waals surface area contributed by atoms with Gasteiger partial charge in [-0.05, 0) is 73.6 Å². The van der Waals surface area contributed by atoms with Crippen molar-refractivity contribution in [2.45, 2.75) is 13.8 Å². The number of benzene rings is 3. The number of amides is 1. The van der Waals surface area contributed by atoms with Crippen molar-refractivity contribution in [3.8, 4) is 0 Å². The Morgan fingerprint density at radius 2 is 1.48 bits per heavy atom. The van der Waals surface area contributed by atoms with Crippen molar-refractivity contribution in [1.29, 1.82) is 0 Å². The monoisotopic (exact) mass is 427 g/mol. The van der Waals surface area contributed by atoms with E-state index in [1.807, 2.05) is 66.7 Å². The third-order valence-electron chi connectivity index (χ3n) is 5.12. The van der Waals surface area contributed by atoms with E-state index < -0.39 is 0 Å². The van der Waals surface area contributed by atoms with E-state index >= 15 is 0 Å². The van der Waals surface area contributed by atoms with E-state index in [2.05, 4.69) is 43.0 Å². The summed E-state index contributed by atoms with van der Waals surface area (Å²) in [6.45, 7) is 6.24. The first-order chi connectivity index (χ1) is 15.2. The Kier molecular flexibility index (Phi) is 6.53. The quantitative estimate of drug-likeness (QED) is 0.431. The third kappa shape index (κ3) is 4.72. The molecule has 1 amide bonds. The van der Waals surface area contributed by atoms with Crippen LogP contribution >= 0.6 is 11.8 Å². The predicted octanol–water partition coefficient (Wildman–Crippen LogP) is 6.34. The molecule has 0 unspecified atom stereocenters. The van der Waals surface area contributed by atoms with Gasteiger partial charge >= 0.3 is 0 Å². The molecule has 1 fully saturated rings. The number of carbonyl (C=O) groups is 1. The molecule has 4 nitrogen and oxygen atoms in total.